The summed E-state index contributed by atoms with van der Waals surface area (Å²) in [6.45, 7) is 2.56. The van der Waals surface area contributed by atoms with E-state index in [4.69, 9.17) is 5.11 Å². The number of carbonyl (C=O) groups is 2. The van der Waals surface area contributed by atoms with Crippen molar-refractivity contribution in [3.63, 3.8) is 0 Å². The zero-order valence-corrected chi connectivity index (χ0v) is 13.0. The minimum atomic E-state index is -0.980. The normalized spacial score (nSPS) is 15.7. The molecule has 2 amide bonds. The van der Waals surface area contributed by atoms with E-state index in [0.29, 0.717) is 17.2 Å². The molecule has 1 aromatic heterocycles. The van der Waals surface area contributed by atoms with Crippen molar-refractivity contribution in [2.45, 2.75) is 31.1 Å². The smallest absolute Gasteiger partial charge is 0.347 e. The first-order valence-electron chi connectivity index (χ1n) is 6.22. The fourth-order valence-electron chi connectivity index (χ4n) is 1.78. The Hall–Kier alpha value is -1.28. The van der Waals surface area contributed by atoms with Crippen molar-refractivity contribution in [3.05, 3.63) is 15.6 Å². The summed E-state index contributed by atoms with van der Waals surface area (Å²) in [6, 6.07) is -0.241. The van der Waals surface area contributed by atoms with Gasteiger partial charge in [0.15, 0.2) is 0 Å². The fraction of sp³-hybridized carbons (Fsp3) is 0.583. The second-order valence-corrected chi connectivity index (χ2v) is 7.11. The zero-order valence-electron chi connectivity index (χ0n) is 11.4. The molecule has 0 bridgehead atoms. The Bertz CT molecular complexity index is 526. The molecule has 1 aliphatic rings. The van der Waals surface area contributed by atoms with Crippen LogP contribution in [-0.4, -0.2) is 39.6 Å². The van der Waals surface area contributed by atoms with Gasteiger partial charge in [-0.25, -0.2) is 14.6 Å². The van der Waals surface area contributed by atoms with Crippen LogP contribution in [0.5, 0.6) is 0 Å². The standard InChI is InChI=1S/C12H17N3O3S2/c1-7-9(10(16)17)20-8(15-7)5-13-11(18)14-6-12(19-2)3-4-12/h3-6H2,1-2H3,(H,16,17)(H2,13,14,18). The summed E-state index contributed by atoms with van der Waals surface area (Å²) in [5.74, 6) is -0.980. The fourth-order valence-corrected chi connectivity index (χ4v) is 3.35. The molecule has 0 unspecified atom stereocenters. The Morgan fingerprint density at radius 2 is 2.15 bits per heavy atom. The van der Waals surface area contributed by atoms with E-state index in [-0.39, 0.29) is 22.2 Å². The minimum Gasteiger partial charge on any atom is -0.477 e. The number of carboxylic acid groups (broad SMARTS) is 1. The van der Waals surface area contributed by atoms with Crippen LogP contribution in [0.3, 0.4) is 0 Å². The number of aromatic carboxylic acids is 1. The Morgan fingerprint density at radius 1 is 1.45 bits per heavy atom. The van der Waals surface area contributed by atoms with Crippen LogP contribution in [-0.2, 0) is 6.54 Å². The number of urea groups is 1. The van der Waals surface area contributed by atoms with Crippen molar-refractivity contribution in [2.24, 2.45) is 0 Å². The van der Waals surface area contributed by atoms with E-state index < -0.39 is 5.97 Å². The lowest BCUT2D eigenvalue weighted by Gasteiger charge is -2.13. The number of thiazole rings is 1. The molecule has 1 saturated carbocycles. The van der Waals surface area contributed by atoms with Gasteiger partial charge in [-0.2, -0.15) is 11.8 Å². The second kappa shape index (κ2) is 6.01. The highest BCUT2D eigenvalue weighted by atomic mass is 32.2. The molecule has 0 saturated heterocycles. The molecule has 2 rings (SSSR count). The lowest BCUT2D eigenvalue weighted by Crippen LogP contribution is -2.39. The van der Waals surface area contributed by atoms with Crippen LogP contribution in [0.2, 0.25) is 0 Å². The number of carboxylic acids is 1. The van der Waals surface area contributed by atoms with Crippen LogP contribution >= 0.6 is 23.1 Å². The number of thioether (sulfide) groups is 1. The number of hydrogen-bond donors (Lipinski definition) is 3. The number of amides is 2. The topological polar surface area (TPSA) is 91.3 Å². The molecule has 1 aromatic rings. The largest absolute Gasteiger partial charge is 0.477 e. The van der Waals surface area contributed by atoms with Gasteiger partial charge >= 0.3 is 12.0 Å². The molecule has 110 valence electrons. The van der Waals surface area contributed by atoms with Crippen molar-refractivity contribution < 1.29 is 14.7 Å². The van der Waals surface area contributed by atoms with E-state index in [1.165, 1.54) is 0 Å². The molecule has 1 fully saturated rings. The quantitative estimate of drug-likeness (QED) is 0.745. The van der Waals surface area contributed by atoms with Gasteiger partial charge in [-0.1, -0.05) is 0 Å². The first kappa shape index (κ1) is 15.1. The molecule has 1 aliphatic carbocycles. The predicted octanol–water partition coefficient (Wildman–Crippen LogP) is 1.84. The Balaban J connectivity index is 1.78. The van der Waals surface area contributed by atoms with Crippen molar-refractivity contribution in [1.29, 1.82) is 0 Å². The molecule has 0 atom stereocenters. The summed E-state index contributed by atoms with van der Waals surface area (Å²) < 4.78 is 0.228. The van der Waals surface area contributed by atoms with Gasteiger partial charge in [0.25, 0.3) is 0 Å². The second-order valence-electron chi connectivity index (χ2n) is 4.75. The Morgan fingerprint density at radius 3 is 2.65 bits per heavy atom. The number of nitrogens with zero attached hydrogens (tertiary/aromatic N) is 1. The SMILES string of the molecule is CSC1(CNC(=O)NCc2nc(C)c(C(=O)O)s2)CC1. The maximum absolute atomic E-state index is 11.7. The van der Waals surface area contributed by atoms with Crippen molar-refractivity contribution in [3.8, 4) is 0 Å². The molecule has 3 N–H and O–H groups in total. The summed E-state index contributed by atoms with van der Waals surface area (Å²) in [6.07, 6.45) is 4.34. The molecule has 0 radical (unpaired) electrons. The van der Waals surface area contributed by atoms with E-state index in [1.807, 2.05) is 0 Å². The molecule has 8 heteroatoms. The van der Waals surface area contributed by atoms with Crippen LogP contribution in [0.1, 0.15) is 33.2 Å². The Kier molecular flexibility index (Phi) is 4.54. The third kappa shape index (κ3) is 3.63. The molecule has 0 aromatic carbocycles. The number of aryl methyl sites for hydroxylation is 1. The monoisotopic (exact) mass is 315 g/mol. The van der Waals surface area contributed by atoms with Gasteiger partial charge in [0.05, 0.1) is 12.2 Å². The van der Waals surface area contributed by atoms with Gasteiger partial charge in [-0.15, -0.1) is 11.3 Å². The lowest BCUT2D eigenvalue weighted by molar-refractivity contribution is 0.0701. The lowest BCUT2D eigenvalue weighted by atomic mass is 10.4. The average Bonchev–Trinajstić information content (AvgIpc) is 3.10. The summed E-state index contributed by atoms with van der Waals surface area (Å²) in [5, 5.41) is 15.1. The molecular formula is C12H17N3O3S2. The summed E-state index contributed by atoms with van der Waals surface area (Å²) in [7, 11) is 0. The van der Waals surface area contributed by atoms with E-state index in [1.54, 1.807) is 18.7 Å². The molecular weight excluding hydrogens is 298 g/mol. The molecule has 6 nitrogen and oxygen atoms in total. The number of hydrogen-bond acceptors (Lipinski definition) is 5. The van der Waals surface area contributed by atoms with Gasteiger partial charge < -0.3 is 15.7 Å². The molecule has 0 spiro atoms. The number of aromatic nitrogens is 1. The highest BCUT2D eigenvalue weighted by Gasteiger charge is 2.41. The summed E-state index contributed by atoms with van der Waals surface area (Å²) in [5.41, 5.74) is 0.485. The molecule has 20 heavy (non-hydrogen) atoms. The van der Waals surface area contributed by atoms with Gasteiger partial charge in [0, 0.05) is 11.3 Å². The highest BCUT2D eigenvalue weighted by Crippen LogP contribution is 2.46. The van der Waals surface area contributed by atoms with Crippen molar-refractivity contribution in [2.75, 3.05) is 12.8 Å². The van der Waals surface area contributed by atoms with Crippen molar-refractivity contribution >= 4 is 35.1 Å². The zero-order chi connectivity index (χ0) is 14.8. The number of rotatable bonds is 6. The van der Waals surface area contributed by atoms with E-state index in [9.17, 15) is 9.59 Å². The van der Waals surface area contributed by atoms with Crippen LogP contribution in [0.25, 0.3) is 0 Å². The molecule has 1 heterocycles. The van der Waals surface area contributed by atoms with Gasteiger partial charge in [-0.05, 0) is 26.0 Å². The van der Waals surface area contributed by atoms with E-state index in [2.05, 4.69) is 21.9 Å². The maximum atomic E-state index is 11.7. The maximum Gasteiger partial charge on any atom is 0.347 e. The Labute approximate surface area is 125 Å². The number of nitrogens with one attached hydrogen (secondary N) is 2. The van der Waals surface area contributed by atoms with Crippen LogP contribution in [0.4, 0.5) is 4.79 Å². The van der Waals surface area contributed by atoms with Crippen LogP contribution in [0.15, 0.2) is 0 Å². The highest BCUT2D eigenvalue weighted by molar-refractivity contribution is 8.00. The third-order valence-electron chi connectivity index (χ3n) is 3.25. The first-order chi connectivity index (χ1) is 9.46. The summed E-state index contributed by atoms with van der Waals surface area (Å²) >= 11 is 2.88. The van der Waals surface area contributed by atoms with Crippen LogP contribution in [0, 0.1) is 6.92 Å². The number of carbonyl (C=O) groups excluding carboxylic acids is 1. The predicted molar refractivity (Wildman–Crippen MR) is 79.5 cm³/mol. The van der Waals surface area contributed by atoms with E-state index in [0.717, 1.165) is 24.2 Å². The van der Waals surface area contributed by atoms with Gasteiger partial charge in [0.1, 0.15) is 9.88 Å². The van der Waals surface area contributed by atoms with Crippen molar-refractivity contribution in [1.82, 2.24) is 15.6 Å². The third-order valence-corrected chi connectivity index (χ3v) is 5.81. The molecule has 0 aliphatic heterocycles. The minimum absolute atomic E-state index is 0.224. The average molecular weight is 315 g/mol. The first-order valence-corrected chi connectivity index (χ1v) is 8.26. The summed E-state index contributed by atoms with van der Waals surface area (Å²) in [4.78, 5) is 26.9. The van der Waals surface area contributed by atoms with E-state index >= 15 is 0 Å². The van der Waals surface area contributed by atoms with Gasteiger partial charge in [-0.3, -0.25) is 0 Å². The van der Waals surface area contributed by atoms with Gasteiger partial charge in [0.2, 0.25) is 0 Å². The van der Waals surface area contributed by atoms with Crippen LogP contribution < -0.4 is 10.6 Å².